The van der Waals surface area contributed by atoms with Crippen LogP contribution in [0, 0.1) is 0 Å². The quantitative estimate of drug-likeness (QED) is 0.770. The van der Waals surface area contributed by atoms with Crippen LogP contribution in [0.3, 0.4) is 0 Å². The van der Waals surface area contributed by atoms with Crippen LogP contribution in [0.4, 0.5) is 0 Å². The van der Waals surface area contributed by atoms with Gasteiger partial charge in [-0.05, 0) is 28.6 Å². The molecule has 0 spiro atoms. The van der Waals surface area contributed by atoms with Crippen LogP contribution in [0.5, 0.6) is 0 Å². The molecular weight excluding hydrogens is 214 g/mol. The van der Waals surface area contributed by atoms with E-state index in [1.165, 1.54) is 0 Å². The lowest BCUT2D eigenvalue weighted by molar-refractivity contribution is -0.130. The smallest absolute Gasteiger partial charge is 0.334 e. The lowest BCUT2D eigenvalue weighted by Crippen LogP contribution is -2.29. The van der Waals surface area contributed by atoms with Gasteiger partial charge in [0.05, 0.1) is 12.1 Å². The van der Waals surface area contributed by atoms with E-state index >= 15 is 0 Å². The third-order valence-electron chi connectivity index (χ3n) is 3.04. The molecule has 1 aromatic heterocycles. The van der Waals surface area contributed by atoms with E-state index in [2.05, 4.69) is 0 Å². The van der Waals surface area contributed by atoms with Gasteiger partial charge in [0.25, 0.3) is 0 Å². The molecule has 0 saturated carbocycles. The lowest BCUT2D eigenvalue weighted by Gasteiger charge is -2.04. The molecule has 1 aliphatic rings. The fourth-order valence-electron chi connectivity index (χ4n) is 2.20. The Labute approximate surface area is 97.9 Å². The monoisotopic (exact) mass is 225 g/mol. The SMILES string of the molecule is O=C(O)C1=c2ccccc2=Cc2cccn2C1. The van der Waals surface area contributed by atoms with E-state index in [1.54, 1.807) is 0 Å². The Hall–Kier alpha value is -2.29. The standard InChI is InChI=1S/C14H11NO2/c16-14(17)13-9-15-7-3-5-11(15)8-10-4-1-2-6-12(10)13/h1-8H,9H2,(H,16,17). The summed E-state index contributed by atoms with van der Waals surface area (Å²) in [5.41, 5.74) is 1.47. The summed E-state index contributed by atoms with van der Waals surface area (Å²) in [6.07, 6.45) is 3.92. The number of aliphatic carboxylic acids is 1. The third kappa shape index (κ3) is 1.56. The highest BCUT2D eigenvalue weighted by Crippen LogP contribution is 2.09. The summed E-state index contributed by atoms with van der Waals surface area (Å²) in [6, 6.07) is 11.5. The van der Waals surface area contributed by atoms with Gasteiger partial charge in [-0.3, -0.25) is 0 Å². The van der Waals surface area contributed by atoms with Crippen LogP contribution in [0.2, 0.25) is 0 Å². The average Bonchev–Trinajstić information content (AvgIpc) is 2.68. The Morgan fingerprint density at radius 1 is 1.18 bits per heavy atom. The number of hydrogen-bond donors (Lipinski definition) is 1. The summed E-state index contributed by atoms with van der Waals surface area (Å²) >= 11 is 0. The average molecular weight is 225 g/mol. The van der Waals surface area contributed by atoms with Crippen molar-refractivity contribution in [3.05, 3.63) is 58.7 Å². The Morgan fingerprint density at radius 2 is 2.00 bits per heavy atom. The number of carboxylic acids is 1. The summed E-state index contributed by atoms with van der Waals surface area (Å²) < 4.78 is 1.95. The van der Waals surface area contributed by atoms with Crippen molar-refractivity contribution in [2.24, 2.45) is 0 Å². The maximum Gasteiger partial charge on any atom is 0.334 e. The predicted molar refractivity (Wildman–Crippen MR) is 64.7 cm³/mol. The number of benzene rings is 1. The third-order valence-corrected chi connectivity index (χ3v) is 3.04. The Morgan fingerprint density at radius 3 is 2.82 bits per heavy atom. The fourth-order valence-corrected chi connectivity index (χ4v) is 2.20. The molecule has 0 bridgehead atoms. The molecule has 0 aliphatic carbocycles. The van der Waals surface area contributed by atoms with Gasteiger partial charge in [-0.15, -0.1) is 0 Å². The molecule has 0 fully saturated rings. The molecule has 0 radical (unpaired) electrons. The van der Waals surface area contributed by atoms with Gasteiger partial charge < -0.3 is 9.67 Å². The minimum absolute atomic E-state index is 0.408. The number of carboxylic acid groups (broad SMARTS) is 1. The van der Waals surface area contributed by atoms with Crippen molar-refractivity contribution in [2.75, 3.05) is 0 Å². The molecule has 0 unspecified atom stereocenters. The first-order chi connectivity index (χ1) is 8.25. The minimum Gasteiger partial charge on any atom is -0.478 e. The molecule has 0 saturated heterocycles. The number of rotatable bonds is 1. The molecule has 3 heteroatoms. The van der Waals surface area contributed by atoms with Gasteiger partial charge in [0.15, 0.2) is 0 Å². The second kappa shape index (κ2) is 3.63. The first kappa shape index (κ1) is 9.90. The highest BCUT2D eigenvalue weighted by molar-refractivity contribution is 6.08. The predicted octanol–water partition coefficient (Wildman–Crippen LogP) is 0.566. The normalized spacial score (nSPS) is 13.3. The molecule has 1 N–H and O–H groups in total. The summed E-state index contributed by atoms with van der Waals surface area (Å²) in [4.78, 5) is 11.3. The first-order valence-corrected chi connectivity index (χ1v) is 5.44. The van der Waals surface area contributed by atoms with Crippen LogP contribution >= 0.6 is 0 Å². The molecule has 0 atom stereocenters. The largest absolute Gasteiger partial charge is 0.478 e. The zero-order chi connectivity index (χ0) is 11.8. The Balaban J connectivity index is 2.43. The van der Waals surface area contributed by atoms with E-state index in [0.717, 1.165) is 16.1 Å². The maximum atomic E-state index is 11.3. The molecule has 0 amide bonds. The van der Waals surface area contributed by atoms with E-state index in [4.69, 9.17) is 0 Å². The van der Waals surface area contributed by atoms with Crippen molar-refractivity contribution in [1.29, 1.82) is 0 Å². The molecule has 17 heavy (non-hydrogen) atoms. The minimum atomic E-state index is -0.854. The second-order valence-electron chi connectivity index (χ2n) is 4.08. The Kier molecular flexibility index (Phi) is 2.11. The number of hydrogen-bond acceptors (Lipinski definition) is 1. The fraction of sp³-hybridized carbons (Fsp3) is 0.0714. The van der Waals surface area contributed by atoms with E-state index < -0.39 is 5.97 Å². The second-order valence-corrected chi connectivity index (χ2v) is 4.08. The van der Waals surface area contributed by atoms with E-state index in [0.29, 0.717) is 12.1 Å². The van der Waals surface area contributed by atoms with Crippen molar-refractivity contribution in [2.45, 2.75) is 6.54 Å². The molecule has 1 aromatic carbocycles. The molecule has 3 rings (SSSR count). The topological polar surface area (TPSA) is 42.2 Å². The molecule has 84 valence electrons. The van der Waals surface area contributed by atoms with Crippen LogP contribution in [-0.2, 0) is 11.3 Å². The Bertz CT molecular complexity index is 710. The highest BCUT2D eigenvalue weighted by Gasteiger charge is 2.13. The van der Waals surface area contributed by atoms with Crippen molar-refractivity contribution in [1.82, 2.24) is 4.57 Å². The van der Waals surface area contributed by atoms with Crippen LogP contribution in [0.15, 0.2) is 42.6 Å². The summed E-state index contributed by atoms with van der Waals surface area (Å²) in [6.45, 7) is 0.408. The van der Waals surface area contributed by atoms with Gasteiger partial charge in [-0.2, -0.15) is 0 Å². The van der Waals surface area contributed by atoms with Crippen molar-refractivity contribution >= 4 is 17.6 Å². The molecular formula is C14H11NO2. The molecule has 3 nitrogen and oxygen atoms in total. The van der Waals surface area contributed by atoms with Crippen LogP contribution in [0.1, 0.15) is 5.69 Å². The van der Waals surface area contributed by atoms with Gasteiger partial charge >= 0.3 is 5.97 Å². The zero-order valence-electron chi connectivity index (χ0n) is 9.13. The lowest BCUT2D eigenvalue weighted by atomic mass is 10.1. The summed E-state index contributed by atoms with van der Waals surface area (Å²) in [7, 11) is 0. The van der Waals surface area contributed by atoms with Gasteiger partial charge in [-0.25, -0.2) is 4.79 Å². The molecule has 2 heterocycles. The summed E-state index contributed by atoms with van der Waals surface area (Å²) in [5.74, 6) is -0.854. The van der Waals surface area contributed by atoms with Crippen molar-refractivity contribution in [3.8, 4) is 0 Å². The molecule has 1 aliphatic heterocycles. The maximum absolute atomic E-state index is 11.3. The zero-order valence-corrected chi connectivity index (χ0v) is 9.13. The molecule has 2 aromatic rings. The van der Waals surface area contributed by atoms with Gasteiger partial charge in [0.2, 0.25) is 0 Å². The number of aromatic nitrogens is 1. The summed E-state index contributed by atoms with van der Waals surface area (Å²) in [5, 5.41) is 11.1. The van der Waals surface area contributed by atoms with Crippen LogP contribution < -0.4 is 10.4 Å². The van der Waals surface area contributed by atoms with Crippen molar-refractivity contribution in [3.63, 3.8) is 0 Å². The number of fused-ring (bicyclic) bond motifs is 2. The van der Waals surface area contributed by atoms with E-state index in [-0.39, 0.29) is 0 Å². The van der Waals surface area contributed by atoms with Crippen molar-refractivity contribution < 1.29 is 9.90 Å². The van der Waals surface area contributed by atoms with Gasteiger partial charge in [0.1, 0.15) is 0 Å². The van der Waals surface area contributed by atoms with Gasteiger partial charge in [-0.1, -0.05) is 24.3 Å². The van der Waals surface area contributed by atoms with E-state index in [1.807, 2.05) is 53.2 Å². The van der Waals surface area contributed by atoms with Gasteiger partial charge in [0, 0.05) is 11.9 Å². The number of nitrogens with zero attached hydrogens (tertiary/aromatic N) is 1. The van der Waals surface area contributed by atoms with E-state index in [9.17, 15) is 9.90 Å². The highest BCUT2D eigenvalue weighted by atomic mass is 16.4. The number of carbonyl (C=O) groups is 1. The first-order valence-electron chi connectivity index (χ1n) is 5.44. The van der Waals surface area contributed by atoms with Crippen LogP contribution in [0.25, 0.3) is 11.6 Å². The van der Waals surface area contributed by atoms with Crippen LogP contribution in [-0.4, -0.2) is 15.6 Å².